The van der Waals surface area contributed by atoms with Crippen LogP contribution in [-0.2, 0) is 0 Å². The van der Waals surface area contributed by atoms with Crippen molar-refractivity contribution in [1.29, 1.82) is 0 Å². The van der Waals surface area contributed by atoms with Crippen molar-refractivity contribution in [3.63, 3.8) is 0 Å². The van der Waals surface area contributed by atoms with E-state index in [2.05, 4.69) is 0 Å². The standard InChI is InChI=1S/C7H16O7.C6H14O6/c8-1-3(10)5(12)7(14)6(13)4(11)2-9;7-1-3(9)5(11)6(12)4(10)2-8/h3-14H,1-2H2;3-12H,1-2H2/t3-,4+,5-,6-,7?;3-,4+,5-,6-/m11/s1. The Balaban J connectivity index is 0. The first-order valence-electron chi connectivity index (χ1n) is 7.56. The van der Waals surface area contributed by atoms with Crippen LogP contribution in [0.3, 0.4) is 0 Å². The van der Waals surface area contributed by atoms with Crippen LogP contribution in [0.5, 0.6) is 0 Å². The van der Waals surface area contributed by atoms with Crippen LogP contribution in [-0.4, -0.2) is 148 Å². The van der Waals surface area contributed by atoms with Gasteiger partial charge >= 0.3 is 0 Å². The third-order valence-electron chi connectivity index (χ3n) is 3.37. The van der Waals surface area contributed by atoms with Gasteiger partial charge in [0.15, 0.2) is 0 Å². The molecule has 9 atom stereocenters. The molecule has 160 valence electrons. The fourth-order valence-corrected chi connectivity index (χ4v) is 1.54. The molecule has 0 saturated heterocycles. The quantitative estimate of drug-likeness (QED) is 0.155. The summed E-state index contributed by atoms with van der Waals surface area (Å²) in [5.74, 6) is 0. The lowest BCUT2D eigenvalue weighted by atomic mass is 10.00. The third kappa shape index (κ3) is 9.43. The molecule has 26 heavy (non-hydrogen) atoms. The second-order valence-electron chi connectivity index (χ2n) is 5.45. The summed E-state index contributed by atoms with van der Waals surface area (Å²) in [5.41, 5.74) is 0. The normalized spacial score (nSPS) is 22.0. The highest BCUT2D eigenvalue weighted by Gasteiger charge is 2.33. The van der Waals surface area contributed by atoms with E-state index in [1.54, 1.807) is 0 Å². The molecule has 0 aliphatic carbocycles. The van der Waals surface area contributed by atoms with Gasteiger partial charge in [0, 0.05) is 0 Å². The maximum Gasteiger partial charge on any atom is 0.111 e. The molecule has 0 amide bonds. The minimum atomic E-state index is -1.85. The maximum atomic E-state index is 9.15. The predicted octanol–water partition coefficient (Wildman–Crippen LogP) is -7.81. The molecule has 0 spiro atoms. The van der Waals surface area contributed by atoms with Crippen LogP contribution in [0.2, 0.25) is 0 Å². The van der Waals surface area contributed by atoms with Crippen LogP contribution >= 0.6 is 0 Å². The molecular weight excluding hydrogens is 364 g/mol. The summed E-state index contributed by atoms with van der Waals surface area (Å²) in [6.45, 7) is -3.03. The van der Waals surface area contributed by atoms with E-state index in [0.29, 0.717) is 0 Å². The SMILES string of the molecule is OC[C@@H](O)[C@@H](O)C(O)[C@H](O)[C@@H](O)CO.OC[C@@H](O)[C@@H](O)[C@H](O)[C@@H](O)CO. The van der Waals surface area contributed by atoms with Crippen LogP contribution < -0.4 is 0 Å². The van der Waals surface area contributed by atoms with Gasteiger partial charge in [-0.1, -0.05) is 0 Å². The molecule has 13 N–H and O–H groups in total. The van der Waals surface area contributed by atoms with Crippen molar-refractivity contribution in [2.75, 3.05) is 26.4 Å². The largest absolute Gasteiger partial charge is 0.394 e. The Kier molecular flexibility index (Phi) is 15.5. The zero-order chi connectivity index (χ0) is 21.0. The average molecular weight is 394 g/mol. The van der Waals surface area contributed by atoms with Crippen molar-refractivity contribution in [2.45, 2.75) is 54.9 Å². The zero-order valence-corrected chi connectivity index (χ0v) is 13.8. The molecule has 0 fully saturated rings. The van der Waals surface area contributed by atoms with Crippen LogP contribution in [0.25, 0.3) is 0 Å². The molecule has 1 unspecified atom stereocenters. The van der Waals surface area contributed by atoms with Crippen LogP contribution in [0.15, 0.2) is 0 Å². The molecule has 13 heteroatoms. The predicted molar refractivity (Wildman–Crippen MR) is 82.4 cm³/mol. The Bertz CT molecular complexity index is 303. The smallest absolute Gasteiger partial charge is 0.111 e. The van der Waals surface area contributed by atoms with Crippen molar-refractivity contribution in [1.82, 2.24) is 0 Å². The van der Waals surface area contributed by atoms with E-state index in [4.69, 9.17) is 66.4 Å². The van der Waals surface area contributed by atoms with Crippen molar-refractivity contribution >= 4 is 0 Å². The van der Waals surface area contributed by atoms with Crippen LogP contribution in [0, 0.1) is 0 Å². The molecular formula is C13H30O13. The van der Waals surface area contributed by atoms with Gasteiger partial charge in [0.2, 0.25) is 0 Å². The third-order valence-corrected chi connectivity index (χ3v) is 3.37. The summed E-state index contributed by atoms with van der Waals surface area (Å²) in [6.07, 6.45) is -15.1. The van der Waals surface area contributed by atoms with Gasteiger partial charge in [-0.2, -0.15) is 0 Å². The van der Waals surface area contributed by atoms with Gasteiger partial charge in [0.25, 0.3) is 0 Å². The van der Waals surface area contributed by atoms with Gasteiger partial charge in [-0.05, 0) is 0 Å². The Labute approximate surface area is 148 Å². The lowest BCUT2D eigenvalue weighted by molar-refractivity contribution is -0.145. The van der Waals surface area contributed by atoms with Crippen molar-refractivity contribution in [3.8, 4) is 0 Å². The monoisotopic (exact) mass is 394 g/mol. The molecule has 0 aromatic heterocycles. The lowest BCUT2D eigenvalue weighted by Crippen LogP contribution is -2.50. The van der Waals surface area contributed by atoms with Crippen LogP contribution in [0.1, 0.15) is 0 Å². The molecule has 0 aliphatic rings. The van der Waals surface area contributed by atoms with Gasteiger partial charge in [0.1, 0.15) is 54.9 Å². The van der Waals surface area contributed by atoms with Gasteiger partial charge in [-0.25, -0.2) is 0 Å². The highest BCUT2D eigenvalue weighted by Crippen LogP contribution is 2.08. The second kappa shape index (κ2) is 14.5. The lowest BCUT2D eigenvalue weighted by Gasteiger charge is -2.27. The zero-order valence-electron chi connectivity index (χ0n) is 13.8. The number of aliphatic hydroxyl groups is 13. The van der Waals surface area contributed by atoms with Crippen molar-refractivity contribution in [3.05, 3.63) is 0 Å². The van der Waals surface area contributed by atoms with Gasteiger partial charge in [-0.15, -0.1) is 0 Å². The second-order valence-corrected chi connectivity index (χ2v) is 5.45. The number of hydrogen-bond donors (Lipinski definition) is 13. The fourth-order valence-electron chi connectivity index (χ4n) is 1.54. The van der Waals surface area contributed by atoms with E-state index in [9.17, 15) is 0 Å². The summed E-state index contributed by atoms with van der Waals surface area (Å²) in [5, 5.41) is 114. The highest BCUT2D eigenvalue weighted by molar-refractivity contribution is 4.84. The summed E-state index contributed by atoms with van der Waals surface area (Å²) in [7, 11) is 0. The molecule has 0 saturated carbocycles. The molecule has 0 heterocycles. The first kappa shape index (κ1) is 27.7. The Morgan fingerprint density at radius 2 is 0.462 bits per heavy atom. The summed E-state index contributed by atoms with van der Waals surface area (Å²) >= 11 is 0. The van der Waals surface area contributed by atoms with Crippen LogP contribution in [0.4, 0.5) is 0 Å². The highest BCUT2D eigenvalue weighted by atomic mass is 16.4. The molecule has 0 bridgehead atoms. The Hall–Kier alpha value is -0.520. The van der Waals surface area contributed by atoms with E-state index in [1.807, 2.05) is 0 Å². The van der Waals surface area contributed by atoms with Gasteiger partial charge in [-0.3, -0.25) is 0 Å². The van der Waals surface area contributed by atoms with E-state index in [1.165, 1.54) is 0 Å². The fraction of sp³-hybridized carbons (Fsp3) is 1.00. The summed E-state index contributed by atoms with van der Waals surface area (Å²) < 4.78 is 0. The van der Waals surface area contributed by atoms with E-state index >= 15 is 0 Å². The van der Waals surface area contributed by atoms with E-state index in [0.717, 1.165) is 0 Å². The molecule has 0 rings (SSSR count). The Morgan fingerprint density at radius 1 is 0.308 bits per heavy atom. The average Bonchev–Trinajstić information content (AvgIpc) is 2.68. The molecule has 0 radical (unpaired) electrons. The van der Waals surface area contributed by atoms with Gasteiger partial charge in [0.05, 0.1) is 26.4 Å². The van der Waals surface area contributed by atoms with E-state index in [-0.39, 0.29) is 0 Å². The Morgan fingerprint density at radius 3 is 0.615 bits per heavy atom. The van der Waals surface area contributed by atoms with Gasteiger partial charge < -0.3 is 66.4 Å². The molecule has 0 aliphatic heterocycles. The first-order chi connectivity index (χ1) is 12.0. The molecule has 13 nitrogen and oxygen atoms in total. The number of hydrogen-bond acceptors (Lipinski definition) is 13. The summed E-state index contributed by atoms with van der Waals surface area (Å²) in [6, 6.07) is 0. The van der Waals surface area contributed by atoms with Crippen molar-refractivity contribution < 1.29 is 66.4 Å². The van der Waals surface area contributed by atoms with Crippen molar-refractivity contribution in [2.24, 2.45) is 0 Å². The minimum absolute atomic E-state index is 0.726. The number of aliphatic hydroxyl groups excluding tert-OH is 13. The minimum Gasteiger partial charge on any atom is -0.394 e. The molecule has 0 aromatic carbocycles. The van der Waals surface area contributed by atoms with E-state index < -0.39 is 81.4 Å². The topological polar surface area (TPSA) is 263 Å². The summed E-state index contributed by atoms with van der Waals surface area (Å²) in [4.78, 5) is 0. The first-order valence-corrected chi connectivity index (χ1v) is 7.56. The molecule has 0 aromatic rings. The number of rotatable bonds is 11. The maximum absolute atomic E-state index is 9.15.